The van der Waals surface area contributed by atoms with E-state index in [1.165, 1.54) is 38.5 Å². The summed E-state index contributed by atoms with van der Waals surface area (Å²) in [6.45, 7) is 2.40. The third kappa shape index (κ3) is 1.15. The molecule has 0 radical (unpaired) electrons. The second-order valence-corrected chi connectivity index (χ2v) is 6.72. The molecule has 0 amide bonds. The summed E-state index contributed by atoms with van der Waals surface area (Å²) in [5.74, 6) is 0. The van der Waals surface area contributed by atoms with Gasteiger partial charge >= 0.3 is 0 Å². The average molecular weight is 186 g/mol. The minimum absolute atomic E-state index is 0.234. The average Bonchev–Trinajstić information content (AvgIpc) is 2.06. The fourth-order valence-corrected chi connectivity index (χ4v) is 3.94. The first-order chi connectivity index (χ1) is 5.56. The molecule has 0 saturated heterocycles. The molecule has 0 aromatic heterocycles. The summed E-state index contributed by atoms with van der Waals surface area (Å²) in [4.78, 5) is 0. The highest BCUT2D eigenvalue weighted by Gasteiger charge is 2.48. The Labute approximate surface area is 77.4 Å². The van der Waals surface area contributed by atoms with Crippen LogP contribution in [0.15, 0.2) is 0 Å². The van der Waals surface area contributed by atoms with Gasteiger partial charge in [-0.3, -0.25) is 4.21 Å². The second-order valence-electron chi connectivity index (χ2n) is 4.95. The molecule has 0 aromatic carbocycles. The van der Waals surface area contributed by atoms with Crippen LogP contribution in [-0.2, 0) is 10.8 Å². The standard InChI is InChI=1S/C10H18OS/c1-9-3-6-10(7-4-9,8-5-9)12(2)11/h3-8H2,1-2H3. The first kappa shape index (κ1) is 8.74. The van der Waals surface area contributed by atoms with Gasteiger partial charge in [0.05, 0.1) is 0 Å². The summed E-state index contributed by atoms with van der Waals surface area (Å²) in [5, 5.41) is 0. The highest BCUT2D eigenvalue weighted by atomic mass is 32.2. The molecule has 1 nitrogen and oxygen atoms in total. The van der Waals surface area contributed by atoms with Crippen molar-refractivity contribution >= 4 is 10.8 Å². The molecule has 0 heterocycles. The van der Waals surface area contributed by atoms with Gasteiger partial charge in [0.2, 0.25) is 0 Å². The third-order valence-corrected chi connectivity index (χ3v) is 5.99. The van der Waals surface area contributed by atoms with Crippen LogP contribution in [0, 0.1) is 5.41 Å². The van der Waals surface area contributed by atoms with Crippen LogP contribution in [0.5, 0.6) is 0 Å². The number of fused-ring (bicyclic) bond motifs is 3. The van der Waals surface area contributed by atoms with Crippen molar-refractivity contribution < 1.29 is 4.21 Å². The van der Waals surface area contributed by atoms with E-state index in [1.807, 2.05) is 6.26 Å². The summed E-state index contributed by atoms with van der Waals surface area (Å²) < 4.78 is 11.8. The molecule has 12 heavy (non-hydrogen) atoms. The SMILES string of the molecule is CS(=O)C12CCC(C)(CC1)CC2. The molecule has 70 valence electrons. The Balaban J connectivity index is 2.20. The highest BCUT2D eigenvalue weighted by molar-refractivity contribution is 7.85. The van der Waals surface area contributed by atoms with Gasteiger partial charge < -0.3 is 0 Å². The molecule has 3 fully saturated rings. The van der Waals surface area contributed by atoms with Crippen molar-refractivity contribution in [3.8, 4) is 0 Å². The Bertz CT molecular complexity index is 197. The van der Waals surface area contributed by atoms with Gasteiger partial charge in [-0.1, -0.05) is 6.92 Å². The molecule has 2 bridgehead atoms. The maximum Gasteiger partial charge on any atom is 0.0457 e. The van der Waals surface area contributed by atoms with Crippen LogP contribution in [0.25, 0.3) is 0 Å². The number of rotatable bonds is 1. The molecule has 1 atom stereocenters. The summed E-state index contributed by atoms with van der Waals surface area (Å²) >= 11 is 0. The van der Waals surface area contributed by atoms with Crippen LogP contribution in [0.4, 0.5) is 0 Å². The molecule has 3 saturated carbocycles. The van der Waals surface area contributed by atoms with Crippen molar-refractivity contribution in [2.75, 3.05) is 6.26 Å². The van der Waals surface area contributed by atoms with Gasteiger partial charge in [-0.05, 0) is 43.9 Å². The van der Waals surface area contributed by atoms with Gasteiger partial charge in [0.1, 0.15) is 0 Å². The lowest BCUT2D eigenvalue weighted by molar-refractivity contribution is 0.100. The molecule has 1 unspecified atom stereocenters. The zero-order valence-corrected chi connectivity index (χ0v) is 8.88. The van der Waals surface area contributed by atoms with Gasteiger partial charge in [0.25, 0.3) is 0 Å². The molecule has 2 heteroatoms. The Kier molecular flexibility index (Phi) is 1.87. The molecule has 0 aliphatic heterocycles. The molecule has 0 aromatic rings. The topological polar surface area (TPSA) is 17.1 Å². The molecule has 0 N–H and O–H groups in total. The van der Waals surface area contributed by atoms with Crippen molar-refractivity contribution in [1.82, 2.24) is 0 Å². The van der Waals surface area contributed by atoms with E-state index in [9.17, 15) is 4.21 Å². The van der Waals surface area contributed by atoms with Crippen LogP contribution in [0.1, 0.15) is 45.4 Å². The Morgan fingerprint density at radius 2 is 1.42 bits per heavy atom. The molecular weight excluding hydrogens is 168 g/mol. The van der Waals surface area contributed by atoms with Crippen molar-refractivity contribution in [1.29, 1.82) is 0 Å². The van der Waals surface area contributed by atoms with Crippen molar-refractivity contribution in [3.05, 3.63) is 0 Å². The van der Waals surface area contributed by atoms with Crippen LogP contribution in [0.2, 0.25) is 0 Å². The highest BCUT2D eigenvalue weighted by Crippen LogP contribution is 2.54. The maximum atomic E-state index is 11.6. The van der Waals surface area contributed by atoms with E-state index in [1.54, 1.807) is 0 Å². The van der Waals surface area contributed by atoms with Gasteiger partial charge in [-0.15, -0.1) is 0 Å². The first-order valence-electron chi connectivity index (χ1n) is 4.90. The van der Waals surface area contributed by atoms with Crippen LogP contribution >= 0.6 is 0 Å². The lowest BCUT2D eigenvalue weighted by Crippen LogP contribution is -2.47. The summed E-state index contributed by atoms with van der Waals surface area (Å²) in [6, 6.07) is 0. The zero-order chi connectivity index (χ0) is 8.82. The smallest absolute Gasteiger partial charge is 0.0457 e. The molecular formula is C10H18OS. The van der Waals surface area contributed by atoms with E-state index in [4.69, 9.17) is 0 Å². The summed E-state index contributed by atoms with van der Waals surface area (Å²) in [5.41, 5.74) is 0.612. The van der Waals surface area contributed by atoms with E-state index in [0.29, 0.717) is 5.41 Å². The predicted molar refractivity (Wildman–Crippen MR) is 52.6 cm³/mol. The normalized spacial score (nSPS) is 49.2. The van der Waals surface area contributed by atoms with Gasteiger partial charge in [-0.25, -0.2) is 0 Å². The summed E-state index contributed by atoms with van der Waals surface area (Å²) in [6.07, 6.45) is 9.48. The van der Waals surface area contributed by atoms with Crippen molar-refractivity contribution in [2.24, 2.45) is 5.41 Å². The van der Waals surface area contributed by atoms with E-state index in [2.05, 4.69) is 6.92 Å². The van der Waals surface area contributed by atoms with Crippen LogP contribution < -0.4 is 0 Å². The number of hydrogen-bond acceptors (Lipinski definition) is 1. The lowest BCUT2D eigenvalue weighted by atomic mass is 9.61. The van der Waals surface area contributed by atoms with E-state index in [0.717, 1.165) is 0 Å². The summed E-state index contributed by atoms with van der Waals surface area (Å²) in [7, 11) is -0.591. The van der Waals surface area contributed by atoms with Gasteiger partial charge in [0.15, 0.2) is 0 Å². The van der Waals surface area contributed by atoms with Gasteiger partial charge in [0, 0.05) is 21.8 Å². The van der Waals surface area contributed by atoms with Gasteiger partial charge in [-0.2, -0.15) is 0 Å². The van der Waals surface area contributed by atoms with E-state index < -0.39 is 10.8 Å². The monoisotopic (exact) mass is 186 g/mol. The second kappa shape index (κ2) is 2.57. The number of hydrogen-bond donors (Lipinski definition) is 0. The quantitative estimate of drug-likeness (QED) is 0.615. The molecule has 3 aliphatic carbocycles. The molecule has 3 aliphatic rings. The van der Waals surface area contributed by atoms with Crippen molar-refractivity contribution in [3.63, 3.8) is 0 Å². The van der Waals surface area contributed by atoms with Crippen molar-refractivity contribution in [2.45, 2.75) is 50.2 Å². The predicted octanol–water partition coefficient (Wildman–Crippen LogP) is 2.48. The minimum Gasteiger partial charge on any atom is -0.259 e. The Morgan fingerprint density at radius 1 is 1.00 bits per heavy atom. The fraction of sp³-hybridized carbons (Fsp3) is 1.00. The third-order valence-electron chi connectivity index (χ3n) is 4.16. The molecule has 0 spiro atoms. The Hall–Kier alpha value is 0.150. The lowest BCUT2D eigenvalue weighted by Gasteiger charge is -2.51. The van der Waals surface area contributed by atoms with E-state index in [-0.39, 0.29) is 4.75 Å². The minimum atomic E-state index is -0.591. The fourth-order valence-electron chi connectivity index (χ4n) is 2.77. The zero-order valence-electron chi connectivity index (χ0n) is 8.06. The van der Waals surface area contributed by atoms with Crippen LogP contribution in [0.3, 0.4) is 0 Å². The largest absolute Gasteiger partial charge is 0.259 e. The maximum absolute atomic E-state index is 11.6. The molecule has 3 rings (SSSR count). The Morgan fingerprint density at radius 3 is 1.75 bits per heavy atom. The van der Waals surface area contributed by atoms with Crippen LogP contribution in [-0.4, -0.2) is 15.2 Å². The van der Waals surface area contributed by atoms with E-state index >= 15 is 0 Å². The first-order valence-corrected chi connectivity index (χ1v) is 6.46.